The van der Waals surface area contributed by atoms with Gasteiger partial charge in [0.25, 0.3) is 0 Å². The van der Waals surface area contributed by atoms with Crippen LogP contribution in [0.2, 0.25) is 0 Å². The number of piperazine rings is 1. The molecule has 1 aromatic carbocycles. The quantitative estimate of drug-likeness (QED) is 0.637. The second kappa shape index (κ2) is 9.46. The third-order valence-electron chi connectivity index (χ3n) is 5.81. The van der Waals surface area contributed by atoms with Crippen LogP contribution in [0.4, 0.5) is 5.69 Å². The number of carbonyl (C=O) groups is 1. The number of rotatable bonds is 8. The van der Waals surface area contributed by atoms with Gasteiger partial charge < -0.3 is 18.9 Å². The molecule has 1 atom stereocenters. The zero-order valence-electron chi connectivity index (χ0n) is 18.3. The first-order valence-electron chi connectivity index (χ1n) is 10.3. The molecule has 2 heterocycles. The number of anilines is 1. The lowest BCUT2D eigenvalue weighted by molar-refractivity contribution is 0.0925. The Morgan fingerprint density at radius 2 is 1.72 bits per heavy atom. The third kappa shape index (κ3) is 4.82. The van der Waals surface area contributed by atoms with Gasteiger partial charge in [-0.25, -0.2) is 0 Å². The minimum Gasteiger partial charge on any atom is -0.497 e. The third-order valence-corrected chi connectivity index (χ3v) is 5.81. The van der Waals surface area contributed by atoms with Gasteiger partial charge in [-0.2, -0.15) is 0 Å². The van der Waals surface area contributed by atoms with Crippen molar-refractivity contribution in [3.8, 4) is 5.75 Å². The average Bonchev–Trinajstić information content (AvgIpc) is 3.03. The van der Waals surface area contributed by atoms with E-state index in [1.165, 1.54) is 5.69 Å². The molecule has 0 saturated carbocycles. The van der Waals surface area contributed by atoms with Crippen molar-refractivity contribution in [1.82, 2.24) is 9.47 Å². The fraction of sp³-hybridized carbons (Fsp3) is 0.522. The number of nitrogens with zero attached hydrogens (tertiary/aromatic N) is 3. The van der Waals surface area contributed by atoms with Gasteiger partial charge in [-0.3, -0.25) is 9.69 Å². The van der Waals surface area contributed by atoms with E-state index < -0.39 is 0 Å². The van der Waals surface area contributed by atoms with Crippen molar-refractivity contribution in [1.29, 1.82) is 0 Å². The monoisotopic (exact) mass is 399 g/mol. The van der Waals surface area contributed by atoms with Crippen LogP contribution in [0.15, 0.2) is 30.3 Å². The molecule has 0 aliphatic carbocycles. The van der Waals surface area contributed by atoms with Crippen LogP contribution in [0.3, 0.4) is 0 Å². The number of carbonyl (C=O) groups excluding carboxylic acids is 1. The predicted molar refractivity (Wildman–Crippen MR) is 116 cm³/mol. The summed E-state index contributed by atoms with van der Waals surface area (Å²) in [5.41, 5.74) is 4.18. The van der Waals surface area contributed by atoms with Gasteiger partial charge in [0.1, 0.15) is 5.75 Å². The number of hydrogen-bond acceptors (Lipinski definition) is 5. The molecule has 6 heteroatoms. The van der Waals surface area contributed by atoms with Crippen LogP contribution >= 0.6 is 0 Å². The zero-order valence-corrected chi connectivity index (χ0v) is 18.3. The number of aryl methyl sites for hydroxylation is 1. The number of ether oxygens (including phenoxy) is 2. The highest BCUT2D eigenvalue weighted by molar-refractivity contribution is 5.99. The van der Waals surface area contributed by atoms with Crippen molar-refractivity contribution in [2.75, 3.05) is 58.5 Å². The van der Waals surface area contributed by atoms with Gasteiger partial charge in [-0.1, -0.05) is 0 Å². The standard InChI is InChI=1S/C23H33N3O3/c1-17-14-22(19(3)26(17)18(2)16-28-4)23(27)15-24-10-12-25(13-11-24)20-6-8-21(29-5)9-7-20/h6-9,14,18H,10-13,15-16H2,1-5H3/t18-/m0/s1. The summed E-state index contributed by atoms with van der Waals surface area (Å²) in [7, 11) is 3.39. The first kappa shape index (κ1) is 21.4. The lowest BCUT2D eigenvalue weighted by Crippen LogP contribution is -2.48. The molecule has 1 saturated heterocycles. The Labute approximate surface area is 174 Å². The van der Waals surface area contributed by atoms with Crippen molar-refractivity contribution < 1.29 is 14.3 Å². The number of ketones is 1. The van der Waals surface area contributed by atoms with Crippen LogP contribution in [0.1, 0.15) is 34.7 Å². The van der Waals surface area contributed by atoms with E-state index >= 15 is 0 Å². The summed E-state index contributed by atoms with van der Waals surface area (Å²) in [4.78, 5) is 17.6. The summed E-state index contributed by atoms with van der Waals surface area (Å²) in [5.74, 6) is 1.07. The van der Waals surface area contributed by atoms with Crippen molar-refractivity contribution in [2.45, 2.75) is 26.8 Å². The molecule has 158 valence electrons. The molecule has 2 aromatic rings. The van der Waals surface area contributed by atoms with Crippen molar-refractivity contribution in [3.63, 3.8) is 0 Å². The molecule has 1 fully saturated rings. The van der Waals surface area contributed by atoms with Gasteiger partial charge >= 0.3 is 0 Å². The normalized spacial score (nSPS) is 16.1. The number of benzene rings is 1. The van der Waals surface area contributed by atoms with Gasteiger partial charge in [0.2, 0.25) is 0 Å². The van der Waals surface area contributed by atoms with E-state index in [1.54, 1.807) is 14.2 Å². The first-order chi connectivity index (χ1) is 13.9. The van der Waals surface area contributed by atoms with E-state index in [2.05, 4.69) is 40.3 Å². The second-order valence-corrected chi connectivity index (χ2v) is 7.84. The fourth-order valence-corrected chi connectivity index (χ4v) is 4.30. The molecule has 1 aliphatic rings. The minimum atomic E-state index is 0.201. The molecular formula is C23H33N3O3. The molecule has 1 aromatic heterocycles. The highest BCUT2D eigenvalue weighted by Gasteiger charge is 2.23. The minimum absolute atomic E-state index is 0.201. The molecular weight excluding hydrogens is 366 g/mol. The Kier molecular flexibility index (Phi) is 6.98. The number of Topliss-reactive ketones (excluding diaryl/α,β-unsaturated/α-hetero) is 1. The molecule has 0 bridgehead atoms. The van der Waals surface area contributed by atoms with Crippen LogP contribution in [-0.4, -0.2) is 68.8 Å². The summed E-state index contributed by atoms with van der Waals surface area (Å²) in [6.07, 6.45) is 0. The van der Waals surface area contributed by atoms with Crippen molar-refractivity contribution >= 4 is 11.5 Å². The van der Waals surface area contributed by atoms with Gasteiger partial charge in [0.15, 0.2) is 5.78 Å². The second-order valence-electron chi connectivity index (χ2n) is 7.84. The molecule has 0 radical (unpaired) electrons. The van der Waals surface area contributed by atoms with Crippen LogP contribution in [0, 0.1) is 13.8 Å². The maximum Gasteiger partial charge on any atom is 0.178 e. The predicted octanol–water partition coefficient (Wildman–Crippen LogP) is 3.33. The lowest BCUT2D eigenvalue weighted by atomic mass is 10.1. The van der Waals surface area contributed by atoms with Crippen LogP contribution < -0.4 is 9.64 Å². The van der Waals surface area contributed by atoms with Gasteiger partial charge in [0.05, 0.1) is 26.3 Å². The molecule has 0 amide bonds. The Morgan fingerprint density at radius 3 is 2.31 bits per heavy atom. The molecule has 1 aliphatic heterocycles. The lowest BCUT2D eigenvalue weighted by Gasteiger charge is -2.35. The number of methoxy groups -OCH3 is 2. The molecule has 29 heavy (non-hydrogen) atoms. The van der Waals surface area contributed by atoms with E-state index in [0.29, 0.717) is 13.2 Å². The van der Waals surface area contributed by atoms with Crippen LogP contribution in [0.25, 0.3) is 0 Å². The van der Waals surface area contributed by atoms with Gasteiger partial charge in [0, 0.05) is 55.9 Å². The largest absolute Gasteiger partial charge is 0.497 e. The van der Waals surface area contributed by atoms with Gasteiger partial charge in [-0.05, 0) is 51.1 Å². The maximum atomic E-state index is 13.0. The molecule has 6 nitrogen and oxygen atoms in total. The summed E-state index contributed by atoms with van der Waals surface area (Å²) < 4.78 is 12.7. The van der Waals surface area contributed by atoms with E-state index in [0.717, 1.165) is 48.9 Å². The topological polar surface area (TPSA) is 46.9 Å². The van der Waals surface area contributed by atoms with Crippen molar-refractivity contribution in [2.24, 2.45) is 0 Å². The Hall–Kier alpha value is -2.31. The molecule has 0 spiro atoms. The zero-order chi connectivity index (χ0) is 21.0. The first-order valence-corrected chi connectivity index (χ1v) is 10.3. The molecule has 0 N–H and O–H groups in total. The number of aromatic nitrogens is 1. The fourth-order valence-electron chi connectivity index (χ4n) is 4.30. The smallest absolute Gasteiger partial charge is 0.178 e. The van der Waals surface area contributed by atoms with Crippen molar-refractivity contribution in [3.05, 3.63) is 47.3 Å². The highest BCUT2D eigenvalue weighted by atomic mass is 16.5. The Morgan fingerprint density at radius 1 is 1.07 bits per heavy atom. The molecule has 3 rings (SSSR count). The van der Waals surface area contributed by atoms with E-state index in [9.17, 15) is 4.79 Å². The maximum absolute atomic E-state index is 13.0. The summed E-state index contributed by atoms with van der Waals surface area (Å²) in [5, 5.41) is 0. The highest BCUT2D eigenvalue weighted by Crippen LogP contribution is 2.23. The summed E-state index contributed by atoms with van der Waals surface area (Å²) >= 11 is 0. The van der Waals surface area contributed by atoms with E-state index in [-0.39, 0.29) is 11.8 Å². The molecule has 0 unspecified atom stereocenters. The Balaban J connectivity index is 1.59. The van der Waals surface area contributed by atoms with E-state index in [4.69, 9.17) is 9.47 Å². The van der Waals surface area contributed by atoms with Crippen LogP contribution in [0.5, 0.6) is 5.75 Å². The Bertz CT molecular complexity index is 821. The summed E-state index contributed by atoms with van der Waals surface area (Å²) in [6, 6.07) is 10.4. The SMILES string of the molecule is COC[C@H](C)n1c(C)cc(C(=O)CN2CCN(c3ccc(OC)cc3)CC2)c1C. The number of hydrogen-bond donors (Lipinski definition) is 0. The van der Waals surface area contributed by atoms with Crippen LogP contribution in [-0.2, 0) is 4.74 Å². The average molecular weight is 400 g/mol. The van der Waals surface area contributed by atoms with E-state index in [1.807, 2.05) is 25.1 Å². The summed E-state index contributed by atoms with van der Waals surface area (Å²) in [6.45, 7) is 10.9. The van der Waals surface area contributed by atoms with Gasteiger partial charge in [-0.15, -0.1) is 0 Å².